The van der Waals surface area contributed by atoms with Crippen LogP contribution in [0.5, 0.6) is 0 Å². The van der Waals surface area contributed by atoms with Gasteiger partial charge < -0.3 is 25.7 Å². The third kappa shape index (κ3) is 5.05. The summed E-state index contributed by atoms with van der Waals surface area (Å²) in [4.78, 5) is 26.3. The molecular weight excluding hydrogens is 445 g/mol. The van der Waals surface area contributed by atoms with E-state index in [0.29, 0.717) is 35.0 Å². The minimum absolute atomic E-state index is 0. The van der Waals surface area contributed by atoms with Gasteiger partial charge in [-0.05, 0) is 38.2 Å². The van der Waals surface area contributed by atoms with Crippen LogP contribution in [0.4, 0.5) is 20.6 Å². The largest absolute Gasteiger partial charge is 0.442 e. The number of benzene rings is 1. The number of amides is 1. The van der Waals surface area contributed by atoms with Gasteiger partial charge in [-0.25, -0.2) is 19.2 Å². The first-order chi connectivity index (χ1) is 15.9. The van der Waals surface area contributed by atoms with E-state index in [4.69, 9.17) is 16.3 Å². The topological polar surface area (TPSA) is 123 Å². The molecule has 176 valence electrons. The number of aromatic nitrogens is 2. The lowest BCUT2D eigenvalue weighted by atomic mass is 10.1. The Morgan fingerprint density at radius 2 is 1.97 bits per heavy atom. The summed E-state index contributed by atoms with van der Waals surface area (Å²) in [6.07, 6.45) is -0.327. The monoisotopic (exact) mass is 473 g/mol. The second kappa shape index (κ2) is 9.69. The van der Waals surface area contributed by atoms with Crippen LogP contribution in [0, 0.1) is 12.7 Å². The summed E-state index contributed by atoms with van der Waals surface area (Å²) in [7, 11) is 2.03. The van der Waals surface area contributed by atoms with Gasteiger partial charge in [0.15, 0.2) is 0 Å². The molecule has 1 aromatic carbocycles. The van der Waals surface area contributed by atoms with Gasteiger partial charge in [-0.1, -0.05) is 6.07 Å². The molecule has 3 heterocycles. The van der Waals surface area contributed by atoms with Crippen LogP contribution in [0.25, 0.3) is 21.8 Å². The number of pyridine rings is 1. The fraction of sp³-hybridized carbons (Fsp3) is 0.318. The van der Waals surface area contributed by atoms with Gasteiger partial charge in [0.05, 0.1) is 33.3 Å². The maximum atomic E-state index is 14.2. The summed E-state index contributed by atoms with van der Waals surface area (Å²) < 4.78 is 19.7. The predicted molar refractivity (Wildman–Crippen MR) is 129 cm³/mol. The fourth-order valence-corrected chi connectivity index (χ4v) is 4.51. The van der Waals surface area contributed by atoms with Crippen molar-refractivity contribution in [2.75, 3.05) is 44.4 Å². The van der Waals surface area contributed by atoms with Crippen molar-refractivity contribution in [2.45, 2.75) is 13.5 Å². The Labute approximate surface area is 196 Å². The maximum Gasteiger partial charge on any atom is 0.410 e. The third-order valence-corrected chi connectivity index (χ3v) is 6.64. The number of likely N-dealkylation sites (N-methyl/N-ethyl adjacent to an activating group) is 1. The Morgan fingerprint density at radius 3 is 2.70 bits per heavy atom. The summed E-state index contributed by atoms with van der Waals surface area (Å²) in [6, 6.07) is 8.45. The number of carbonyl (C=O) groups is 1. The van der Waals surface area contributed by atoms with Crippen molar-refractivity contribution in [3.05, 3.63) is 46.9 Å². The number of nitrogens with two attached hydrogens (primary N) is 2. The highest BCUT2D eigenvalue weighted by Gasteiger charge is 2.21. The fourth-order valence-electron chi connectivity index (χ4n) is 3.56. The molecule has 0 bridgehead atoms. The van der Waals surface area contributed by atoms with E-state index in [2.05, 4.69) is 20.3 Å². The lowest BCUT2D eigenvalue weighted by molar-refractivity contribution is 0.0768. The number of nitrogen functional groups attached to an aromatic ring is 2. The third-order valence-electron chi connectivity index (χ3n) is 5.48. The molecule has 3 aromatic rings. The molecular formula is C22H28FN7O2S. The highest BCUT2D eigenvalue weighted by atomic mass is 32.1. The van der Waals surface area contributed by atoms with Crippen LogP contribution in [0.1, 0.15) is 12.1 Å². The number of aryl methyl sites for hydroxylation is 1. The van der Waals surface area contributed by atoms with Crippen LogP contribution in [-0.4, -0.2) is 59.1 Å². The van der Waals surface area contributed by atoms with Crippen LogP contribution in [0.3, 0.4) is 0 Å². The molecule has 11 heteroatoms. The summed E-state index contributed by atoms with van der Waals surface area (Å²) in [5.74, 6) is 4.87. The average Bonchev–Trinajstić information content (AvgIpc) is 3.20. The number of hydrogen-bond acceptors (Lipinski definition) is 9. The van der Waals surface area contributed by atoms with E-state index in [1.165, 1.54) is 17.4 Å². The van der Waals surface area contributed by atoms with Crippen LogP contribution >= 0.6 is 11.3 Å². The SMILES string of the molecule is Cc1nc(COC(=O)N2CCN(C)CC2)sc1-c1cccc(-c2cc(F)c(N)c(NN)c2)n1.[HH]. The smallest absolute Gasteiger partial charge is 0.410 e. The Kier molecular flexibility index (Phi) is 6.72. The number of thiazole rings is 1. The van der Waals surface area contributed by atoms with Crippen molar-refractivity contribution in [3.8, 4) is 21.8 Å². The van der Waals surface area contributed by atoms with E-state index in [9.17, 15) is 9.18 Å². The van der Waals surface area contributed by atoms with E-state index in [1.54, 1.807) is 17.0 Å². The molecule has 4 rings (SSSR count). The van der Waals surface area contributed by atoms with Crippen LogP contribution in [0.2, 0.25) is 0 Å². The van der Waals surface area contributed by atoms with Gasteiger partial charge in [0.2, 0.25) is 0 Å². The van der Waals surface area contributed by atoms with Crippen molar-refractivity contribution < 1.29 is 15.3 Å². The van der Waals surface area contributed by atoms with Crippen molar-refractivity contribution in [1.82, 2.24) is 19.8 Å². The van der Waals surface area contributed by atoms with E-state index < -0.39 is 5.82 Å². The summed E-state index contributed by atoms with van der Waals surface area (Å²) in [5, 5.41) is 0.685. The molecule has 0 atom stereocenters. The van der Waals surface area contributed by atoms with E-state index in [0.717, 1.165) is 23.7 Å². The Morgan fingerprint density at radius 1 is 1.24 bits per heavy atom. The number of nitrogens with one attached hydrogen (secondary N) is 1. The van der Waals surface area contributed by atoms with Crippen LogP contribution < -0.4 is 17.0 Å². The first-order valence-corrected chi connectivity index (χ1v) is 11.3. The van der Waals surface area contributed by atoms with Crippen molar-refractivity contribution in [2.24, 2.45) is 5.84 Å². The minimum atomic E-state index is -0.578. The number of rotatable bonds is 5. The molecule has 1 aliphatic rings. The minimum Gasteiger partial charge on any atom is -0.442 e. The van der Waals surface area contributed by atoms with Crippen molar-refractivity contribution in [3.63, 3.8) is 0 Å². The molecule has 0 saturated carbocycles. The Hall–Kier alpha value is -3.28. The van der Waals surface area contributed by atoms with E-state index in [-0.39, 0.29) is 25.5 Å². The van der Waals surface area contributed by atoms with Crippen molar-refractivity contribution in [1.29, 1.82) is 0 Å². The number of anilines is 2. The molecule has 5 N–H and O–H groups in total. The van der Waals surface area contributed by atoms with Gasteiger partial charge in [-0.3, -0.25) is 5.84 Å². The summed E-state index contributed by atoms with van der Waals surface area (Å²) in [6.45, 7) is 4.95. The quantitative estimate of drug-likeness (QED) is 0.293. The molecule has 0 aliphatic carbocycles. The van der Waals surface area contributed by atoms with Gasteiger partial charge in [0, 0.05) is 33.2 Å². The van der Waals surface area contributed by atoms with Gasteiger partial charge in [0.25, 0.3) is 0 Å². The average molecular weight is 474 g/mol. The first kappa shape index (κ1) is 22.9. The number of ether oxygens (including phenoxy) is 1. The molecule has 0 spiro atoms. The predicted octanol–water partition coefficient (Wildman–Crippen LogP) is 3.32. The van der Waals surface area contributed by atoms with Gasteiger partial charge in [-0.15, -0.1) is 11.3 Å². The van der Waals surface area contributed by atoms with E-state index >= 15 is 0 Å². The Balaban J connectivity index is 0.00000324. The molecule has 9 nitrogen and oxygen atoms in total. The maximum absolute atomic E-state index is 14.2. The second-order valence-electron chi connectivity index (χ2n) is 7.84. The van der Waals surface area contributed by atoms with Gasteiger partial charge >= 0.3 is 6.09 Å². The molecule has 1 fully saturated rings. The first-order valence-electron chi connectivity index (χ1n) is 10.5. The zero-order chi connectivity index (χ0) is 23.5. The molecule has 1 aliphatic heterocycles. The zero-order valence-electron chi connectivity index (χ0n) is 18.5. The highest BCUT2D eigenvalue weighted by Crippen LogP contribution is 2.33. The molecule has 0 unspecified atom stereocenters. The summed E-state index contributed by atoms with van der Waals surface area (Å²) in [5.41, 5.74) is 10.9. The highest BCUT2D eigenvalue weighted by molar-refractivity contribution is 7.15. The molecule has 1 amide bonds. The summed E-state index contributed by atoms with van der Waals surface area (Å²) >= 11 is 1.41. The second-order valence-corrected chi connectivity index (χ2v) is 8.92. The van der Waals surface area contributed by atoms with E-state index in [1.807, 2.05) is 26.1 Å². The molecule has 33 heavy (non-hydrogen) atoms. The standard InChI is InChI=1S/C22H26FN7O2S.H2/c1-13-21(33-19(26-13)12-32-22(31)30-8-6-29(2)7-9-30)17-5-3-4-16(27-17)14-10-15(23)20(24)18(11-14)28-25;/h3-5,10-11,28H,6-9,12,24-25H2,1-2H3;1H. The number of carbonyl (C=O) groups excluding carboxylic acids is 1. The van der Waals surface area contributed by atoms with Crippen LogP contribution in [-0.2, 0) is 11.3 Å². The lowest BCUT2D eigenvalue weighted by Crippen LogP contribution is -2.47. The van der Waals surface area contributed by atoms with Gasteiger partial charge in [0.1, 0.15) is 17.4 Å². The van der Waals surface area contributed by atoms with Crippen molar-refractivity contribution >= 4 is 28.8 Å². The number of hydrazine groups is 1. The number of nitrogens with zero attached hydrogens (tertiary/aromatic N) is 4. The number of halogens is 1. The molecule has 2 aromatic heterocycles. The molecule has 0 radical (unpaired) electrons. The van der Waals surface area contributed by atoms with Gasteiger partial charge in [-0.2, -0.15) is 0 Å². The Bertz CT molecular complexity index is 1170. The number of hydrogen-bond donors (Lipinski definition) is 3. The van der Waals surface area contributed by atoms with Crippen LogP contribution in [0.15, 0.2) is 30.3 Å². The zero-order valence-corrected chi connectivity index (χ0v) is 19.3. The normalized spacial score (nSPS) is 14.4. The molecule has 1 saturated heterocycles. The number of piperazine rings is 1. The lowest BCUT2D eigenvalue weighted by Gasteiger charge is -2.31.